The third kappa shape index (κ3) is 9.46. The first-order chi connectivity index (χ1) is 14.1. The average Bonchev–Trinajstić information content (AvgIpc) is 2.69. The van der Waals surface area contributed by atoms with E-state index in [2.05, 4.69) is 0 Å². The van der Waals surface area contributed by atoms with E-state index in [1.807, 2.05) is 0 Å². The fourth-order valence-electron chi connectivity index (χ4n) is 2.08. The van der Waals surface area contributed by atoms with E-state index in [1.54, 1.807) is 54.6 Å². The van der Waals surface area contributed by atoms with Crippen molar-refractivity contribution >= 4 is 35.0 Å². The second kappa shape index (κ2) is 14.0. The van der Waals surface area contributed by atoms with E-state index in [4.69, 9.17) is 32.5 Å². The van der Waals surface area contributed by atoms with Gasteiger partial charge in [-0.15, -0.1) is 0 Å². The summed E-state index contributed by atoms with van der Waals surface area (Å²) in [7, 11) is 0. The van der Waals surface area contributed by atoms with Crippen molar-refractivity contribution in [2.45, 2.75) is 0 Å². The van der Waals surface area contributed by atoms with Gasteiger partial charge in [-0.25, -0.2) is 14.4 Å². The number of rotatable bonds is 3. The molecule has 0 saturated heterocycles. The first kappa shape index (κ1) is 27.8. The largest absolute Gasteiger partial charge is 0.478 e. The van der Waals surface area contributed by atoms with Gasteiger partial charge in [0.2, 0.25) is 0 Å². The molecule has 0 saturated carbocycles. The zero-order valence-electron chi connectivity index (χ0n) is 16.2. The fraction of sp³-hybridized carbons (Fsp3) is 0. The number of nitrogen functional groups attached to an aromatic ring is 3. The SMILES string of the molecule is Nc1ccccc1C(=O)O.Nc1ccccc1C(=O)O.Nc1ccccc1C(=O)O.[Ce]. The summed E-state index contributed by atoms with van der Waals surface area (Å²) >= 11 is 0. The van der Waals surface area contributed by atoms with Crippen molar-refractivity contribution in [3.8, 4) is 0 Å². The number of nitrogens with two attached hydrogens (primary N) is 3. The van der Waals surface area contributed by atoms with Crippen molar-refractivity contribution in [2.24, 2.45) is 0 Å². The zero-order valence-corrected chi connectivity index (χ0v) is 19.4. The number of carboxylic acid groups (broad SMARTS) is 3. The number of hydrogen-bond acceptors (Lipinski definition) is 6. The molecule has 3 rings (SSSR count). The molecule has 10 heteroatoms. The molecule has 160 valence electrons. The molecule has 3 aromatic carbocycles. The molecule has 0 spiro atoms. The Morgan fingerprint density at radius 2 is 0.677 bits per heavy atom. The summed E-state index contributed by atoms with van der Waals surface area (Å²) in [4.78, 5) is 31.0. The molecule has 0 unspecified atom stereocenters. The second-order valence-corrected chi connectivity index (χ2v) is 5.68. The van der Waals surface area contributed by atoms with Crippen LogP contribution in [0.5, 0.6) is 0 Å². The smallest absolute Gasteiger partial charge is 0.337 e. The van der Waals surface area contributed by atoms with Crippen LogP contribution in [0.4, 0.5) is 17.1 Å². The van der Waals surface area contributed by atoms with Gasteiger partial charge in [-0.3, -0.25) is 0 Å². The number of anilines is 3. The van der Waals surface area contributed by atoms with Gasteiger partial charge in [-0.2, -0.15) is 0 Å². The van der Waals surface area contributed by atoms with Gasteiger partial charge in [-0.1, -0.05) is 36.4 Å². The molecule has 9 nitrogen and oxygen atoms in total. The minimum atomic E-state index is -0.988. The number of aromatic carboxylic acids is 3. The molecule has 9 N–H and O–H groups in total. The minimum Gasteiger partial charge on any atom is -0.478 e. The van der Waals surface area contributed by atoms with E-state index in [1.165, 1.54) is 18.2 Å². The van der Waals surface area contributed by atoms with E-state index in [0.717, 1.165) is 0 Å². The maximum Gasteiger partial charge on any atom is 0.337 e. The van der Waals surface area contributed by atoms with E-state index >= 15 is 0 Å². The van der Waals surface area contributed by atoms with Crippen molar-refractivity contribution in [3.05, 3.63) is 89.5 Å². The van der Waals surface area contributed by atoms with E-state index < -0.39 is 17.9 Å². The van der Waals surface area contributed by atoms with Gasteiger partial charge in [0.15, 0.2) is 0 Å². The van der Waals surface area contributed by atoms with E-state index in [0.29, 0.717) is 17.1 Å². The maximum absolute atomic E-state index is 10.3. The van der Waals surface area contributed by atoms with Crippen LogP contribution in [0.2, 0.25) is 0 Å². The van der Waals surface area contributed by atoms with Gasteiger partial charge in [0.1, 0.15) is 0 Å². The van der Waals surface area contributed by atoms with E-state index in [-0.39, 0.29) is 58.4 Å². The predicted molar refractivity (Wildman–Crippen MR) is 113 cm³/mol. The van der Waals surface area contributed by atoms with Crippen LogP contribution in [-0.2, 0) is 0 Å². The molecule has 0 amide bonds. The summed E-state index contributed by atoms with van der Waals surface area (Å²) in [6.45, 7) is 0. The first-order valence-corrected chi connectivity index (χ1v) is 8.38. The Morgan fingerprint density at radius 1 is 0.484 bits per heavy atom. The molecule has 0 bridgehead atoms. The Kier molecular flexibility index (Phi) is 12.5. The Balaban J connectivity index is 0.000000429. The Hall–Kier alpha value is -3.15. The summed E-state index contributed by atoms with van der Waals surface area (Å²) in [5, 5.41) is 25.5. The van der Waals surface area contributed by atoms with Crippen molar-refractivity contribution in [1.82, 2.24) is 0 Å². The van der Waals surface area contributed by atoms with Gasteiger partial charge in [0, 0.05) is 58.8 Å². The Labute approximate surface area is 211 Å². The van der Waals surface area contributed by atoms with Crippen molar-refractivity contribution in [3.63, 3.8) is 0 Å². The summed E-state index contributed by atoms with van der Waals surface area (Å²) in [5.74, 6) is -2.96. The van der Waals surface area contributed by atoms with E-state index in [9.17, 15) is 14.4 Å². The molecule has 0 radical (unpaired) electrons. The normalized spacial score (nSPS) is 8.90. The van der Waals surface area contributed by atoms with Crippen LogP contribution < -0.4 is 17.2 Å². The molecule has 3 aromatic rings. The van der Waals surface area contributed by atoms with Crippen LogP contribution in [-0.4, -0.2) is 33.2 Å². The summed E-state index contributed by atoms with van der Waals surface area (Å²) in [6.07, 6.45) is 0. The summed E-state index contributed by atoms with van der Waals surface area (Å²) in [6, 6.07) is 19.1. The standard InChI is InChI=1S/3C7H7NO2.Ce/c3*8-6-4-2-1-3-5(6)7(9)10;/h3*1-4H,8H2,(H,9,10);. The molecular weight excluding hydrogens is 530 g/mol. The Morgan fingerprint density at radius 3 is 0.806 bits per heavy atom. The number of benzene rings is 3. The predicted octanol–water partition coefficient (Wildman–Crippen LogP) is 2.90. The van der Waals surface area contributed by atoms with Gasteiger partial charge in [-0.05, 0) is 36.4 Å². The van der Waals surface area contributed by atoms with Gasteiger partial charge < -0.3 is 32.5 Å². The molecule has 0 aliphatic heterocycles. The second-order valence-electron chi connectivity index (χ2n) is 5.68. The first-order valence-electron chi connectivity index (χ1n) is 8.38. The van der Waals surface area contributed by atoms with Crippen molar-refractivity contribution in [1.29, 1.82) is 0 Å². The van der Waals surface area contributed by atoms with Crippen LogP contribution in [0.3, 0.4) is 0 Å². The summed E-state index contributed by atoms with van der Waals surface area (Å²) < 4.78 is 0. The van der Waals surface area contributed by atoms with Gasteiger partial charge >= 0.3 is 17.9 Å². The number of para-hydroxylation sites is 3. The molecule has 31 heavy (non-hydrogen) atoms. The van der Waals surface area contributed by atoms with Crippen LogP contribution in [0.1, 0.15) is 31.1 Å². The van der Waals surface area contributed by atoms with Gasteiger partial charge in [0.25, 0.3) is 0 Å². The molecule has 0 fully saturated rings. The molecule has 0 heterocycles. The topological polar surface area (TPSA) is 190 Å². The van der Waals surface area contributed by atoms with Crippen molar-refractivity contribution in [2.75, 3.05) is 17.2 Å². The third-order valence-corrected chi connectivity index (χ3v) is 3.57. The van der Waals surface area contributed by atoms with Crippen LogP contribution in [0.15, 0.2) is 72.8 Å². The molecule has 0 aliphatic carbocycles. The minimum absolute atomic E-state index is 0. The molecule has 0 atom stereocenters. The fourth-order valence-corrected chi connectivity index (χ4v) is 2.08. The number of carboxylic acids is 3. The average molecular weight is 552 g/mol. The van der Waals surface area contributed by atoms with Crippen LogP contribution in [0.25, 0.3) is 0 Å². The Bertz CT molecular complexity index is 911. The molecular formula is C21H21CeN3O6. The number of carbonyl (C=O) groups is 3. The molecule has 0 aromatic heterocycles. The molecule has 0 aliphatic rings. The quantitative estimate of drug-likeness (QED) is 0.266. The van der Waals surface area contributed by atoms with Crippen LogP contribution in [0, 0.1) is 41.7 Å². The van der Waals surface area contributed by atoms with Gasteiger partial charge in [0.05, 0.1) is 16.7 Å². The maximum atomic E-state index is 10.3. The zero-order chi connectivity index (χ0) is 22.7. The van der Waals surface area contributed by atoms with Crippen LogP contribution >= 0.6 is 0 Å². The monoisotopic (exact) mass is 551 g/mol. The van der Waals surface area contributed by atoms with Crippen molar-refractivity contribution < 1.29 is 71.5 Å². The summed E-state index contributed by atoms with van der Waals surface area (Å²) in [5.41, 5.74) is 17.4. The third-order valence-electron chi connectivity index (χ3n) is 3.57. The number of hydrogen-bond donors (Lipinski definition) is 6.